The predicted molar refractivity (Wildman–Crippen MR) is 174 cm³/mol. The van der Waals surface area contributed by atoms with Gasteiger partial charge >= 0.3 is 0 Å². The molecule has 3 aliphatic carbocycles. The zero-order valence-electron chi connectivity index (χ0n) is 23.7. The van der Waals surface area contributed by atoms with Gasteiger partial charge in [0.05, 0.1) is 21.5 Å². The van der Waals surface area contributed by atoms with E-state index in [0.717, 1.165) is 29.2 Å². The number of benzene rings is 2. The Balaban J connectivity index is 1.20. The van der Waals surface area contributed by atoms with Crippen molar-refractivity contribution in [2.24, 2.45) is 5.92 Å². The van der Waals surface area contributed by atoms with Crippen molar-refractivity contribution in [3.63, 3.8) is 0 Å². The highest BCUT2D eigenvalue weighted by atomic mass is 32.2. The average molecular weight is 620 g/mol. The standard InChI is InChI=1S/C33H35N2O2S4/c1-4-34-28-19-26(40(2)36)11-13-30(28)38-32(34)17-21-5-7-23-8-6-22(16-24(23)15-21)18-33-35(25-9-10-25)29-20-27(41(3)37)12-14-31(29)39-33/h11-20,23,25H,4-10H2,1-3H3/q+1. The van der Waals surface area contributed by atoms with Gasteiger partial charge in [0.2, 0.25) is 5.52 Å². The van der Waals surface area contributed by atoms with Crippen LogP contribution in [0.15, 0.2) is 91.1 Å². The highest BCUT2D eigenvalue weighted by Gasteiger charge is 2.38. The predicted octanol–water partition coefficient (Wildman–Crippen LogP) is 7.74. The summed E-state index contributed by atoms with van der Waals surface area (Å²) < 4.78 is 27.9. The monoisotopic (exact) mass is 619 g/mol. The molecule has 8 heteroatoms. The highest BCUT2D eigenvalue weighted by Crippen LogP contribution is 2.52. The number of rotatable bonds is 6. The number of fused-ring (bicyclic) bond motifs is 3. The summed E-state index contributed by atoms with van der Waals surface area (Å²) in [6.07, 6.45) is 20.3. The van der Waals surface area contributed by atoms with E-state index in [1.54, 1.807) is 12.5 Å². The quantitative estimate of drug-likeness (QED) is 0.265. The molecule has 2 aromatic carbocycles. The molecule has 0 radical (unpaired) electrons. The molecular weight excluding hydrogens is 585 g/mol. The van der Waals surface area contributed by atoms with Crippen molar-refractivity contribution >= 4 is 66.7 Å². The molecular formula is C33H35N2O2S4+. The van der Waals surface area contributed by atoms with E-state index in [4.69, 9.17) is 0 Å². The summed E-state index contributed by atoms with van der Waals surface area (Å²) in [6.45, 7) is 3.08. The zero-order chi connectivity index (χ0) is 28.2. The van der Waals surface area contributed by atoms with Crippen LogP contribution in [0.2, 0.25) is 0 Å². The molecule has 4 nitrogen and oxygen atoms in total. The van der Waals surface area contributed by atoms with Gasteiger partial charge in [0.25, 0.3) is 5.01 Å². The first-order chi connectivity index (χ1) is 19.9. The van der Waals surface area contributed by atoms with Crippen LogP contribution in [0.3, 0.4) is 0 Å². The number of hydrogen-bond acceptors (Lipinski definition) is 5. The third-order valence-corrected chi connectivity index (χ3v) is 12.6. The molecule has 0 saturated heterocycles. The fraction of sp³-hybridized carbons (Fsp3) is 0.364. The maximum atomic E-state index is 12.2. The van der Waals surface area contributed by atoms with E-state index in [9.17, 15) is 8.42 Å². The van der Waals surface area contributed by atoms with E-state index in [0.29, 0.717) is 12.0 Å². The lowest BCUT2D eigenvalue weighted by atomic mass is 9.77. The van der Waals surface area contributed by atoms with Gasteiger partial charge < -0.3 is 4.90 Å². The summed E-state index contributed by atoms with van der Waals surface area (Å²) in [5.41, 5.74) is 6.70. The fourth-order valence-electron chi connectivity index (χ4n) is 6.29. The minimum Gasteiger partial charge on any atom is -0.332 e. The van der Waals surface area contributed by atoms with Crippen molar-refractivity contribution in [2.45, 2.75) is 72.7 Å². The summed E-state index contributed by atoms with van der Waals surface area (Å²) >= 11 is 3.69. The van der Waals surface area contributed by atoms with Crippen molar-refractivity contribution < 1.29 is 13.0 Å². The lowest BCUT2D eigenvalue weighted by Crippen LogP contribution is -2.33. The summed E-state index contributed by atoms with van der Waals surface area (Å²) in [5.74, 6) is 0.646. The molecule has 0 spiro atoms. The molecule has 3 aromatic rings. The molecule has 7 rings (SSSR count). The normalized spacial score (nSPS) is 23.9. The molecule has 0 amide bonds. The van der Waals surface area contributed by atoms with Crippen LogP contribution >= 0.6 is 23.1 Å². The van der Waals surface area contributed by atoms with E-state index >= 15 is 0 Å². The molecule has 1 saturated carbocycles. The first kappa shape index (κ1) is 27.6. The SMILES string of the molecule is CC[n+]1c(C=C2C=C3C=C(C=C4Sc5ccc(S(C)=O)cc5N4C4CC4)CCC3CC2)sc2ccc(S(C)=O)cc21. The number of nitrogens with zero attached hydrogens (tertiary/aromatic N) is 2. The van der Waals surface area contributed by atoms with Gasteiger partial charge in [0, 0.05) is 56.2 Å². The average Bonchev–Trinajstić information content (AvgIpc) is 3.64. The Bertz CT molecular complexity index is 1740. The number of aryl methyl sites for hydroxylation is 1. The number of hydrogen-bond donors (Lipinski definition) is 0. The lowest BCUT2D eigenvalue weighted by molar-refractivity contribution is -0.665. The fourth-order valence-corrected chi connectivity index (χ4v) is 9.72. The second-order valence-corrected chi connectivity index (χ2v) is 16.3. The van der Waals surface area contributed by atoms with E-state index in [1.807, 2.05) is 35.2 Å². The van der Waals surface area contributed by atoms with Crippen molar-refractivity contribution in [2.75, 3.05) is 17.4 Å². The van der Waals surface area contributed by atoms with Crippen LogP contribution in [0, 0.1) is 5.92 Å². The van der Waals surface area contributed by atoms with Gasteiger partial charge in [-0.15, -0.1) is 0 Å². The number of thioether (sulfide) groups is 1. The van der Waals surface area contributed by atoms with Crippen LogP contribution in [0.25, 0.3) is 16.3 Å². The Morgan fingerprint density at radius 3 is 2.46 bits per heavy atom. The topological polar surface area (TPSA) is 41.3 Å². The summed E-state index contributed by atoms with van der Waals surface area (Å²) in [6, 6.07) is 13.1. The molecule has 3 unspecified atom stereocenters. The van der Waals surface area contributed by atoms with Crippen LogP contribution < -0.4 is 9.47 Å². The molecule has 1 aromatic heterocycles. The van der Waals surface area contributed by atoms with Crippen LogP contribution in [0.1, 0.15) is 50.5 Å². The Labute approximate surface area is 255 Å². The lowest BCUT2D eigenvalue weighted by Gasteiger charge is -2.28. The minimum atomic E-state index is -0.980. The molecule has 0 bridgehead atoms. The van der Waals surface area contributed by atoms with Gasteiger partial charge in [-0.1, -0.05) is 35.3 Å². The second-order valence-electron chi connectivity index (χ2n) is 11.4. The smallest absolute Gasteiger partial charge is 0.263 e. The van der Waals surface area contributed by atoms with E-state index in [-0.39, 0.29) is 0 Å². The van der Waals surface area contributed by atoms with Crippen LogP contribution in [0.4, 0.5) is 5.69 Å². The summed E-state index contributed by atoms with van der Waals surface area (Å²) in [5, 5.41) is 2.58. The third-order valence-electron chi connectivity index (χ3n) is 8.59. The molecule has 41 heavy (non-hydrogen) atoms. The Hall–Kier alpha value is -2.26. The van der Waals surface area contributed by atoms with Gasteiger partial charge in [-0.2, -0.15) is 4.57 Å². The number of thiazole rings is 1. The van der Waals surface area contributed by atoms with Crippen molar-refractivity contribution in [1.29, 1.82) is 0 Å². The van der Waals surface area contributed by atoms with Gasteiger partial charge in [-0.25, -0.2) is 0 Å². The molecule has 1 fully saturated rings. The van der Waals surface area contributed by atoms with Crippen molar-refractivity contribution in [1.82, 2.24) is 0 Å². The van der Waals surface area contributed by atoms with E-state index in [2.05, 4.69) is 65.0 Å². The van der Waals surface area contributed by atoms with Crippen molar-refractivity contribution in [3.8, 4) is 0 Å². The zero-order valence-corrected chi connectivity index (χ0v) is 27.0. The molecule has 212 valence electrons. The number of allylic oxidation sites excluding steroid dienone is 6. The largest absolute Gasteiger partial charge is 0.332 e. The van der Waals surface area contributed by atoms with Crippen LogP contribution in [-0.2, 0) is 28.1 Å². The van der Waals surface area contributed by atoms with Gasteiger partial charge in [-0.3, -0.25) is 8.42 Å². The highest BCUT2D eigenvalue weighted by molar-refractivity contribution is 8.03. The minimum absolute atomic E-state index is 0.566. The van der Waals surface area contributed by atoms with E-state index < -0.39 is 21.6 Å². The first-order valence-corrected chi connectivity index (χ1v) is 19.2. The summed E-state index contributed by atoms with van der Waals surface area (Å²) in [7, 11) is -1.95. The molecule has 3 atom stereocenters. The van der Waals surface area contributed by atoms with Crippen LogP contribution in [-0.4, -0.2) is 27.0 Å². The second kappa shape index (κ2) is 11.1. The Kier molecular flexibility index (Phi) is 7.46. The Morgan fingerprint density at radius 1 is 0.951 bits per heavy atom. The summed E-state index contributed by atoms with van der Waals surface area (Å²) in [4.78, 5) is 5.58. The van der Waals surface area contributed by atoms with Gasteiger partial charge in [0.15, 0.2) is 0 Å². The molecule has 2 heterocycles. The van der Waals surface area contributed by atoms with Crippen LogP contribution in [0.5, 0.6) is 0 Å². The van der Waals surface area contributed by atoms with Gasteiger partial charge in [-0.05, 0) is 104 Å². The first-order valence-electron chi connectivity index (χ1n) is 14.5. The Morgan fingerprint density at radius 2 is 1.71 bits per heavy atom. The molecule has 1 aliphatic heterocycles. The maximum Gasteiger partial charge on any atom is 0.263 e. The van der Waals surface area contributed by atoms with E-state index in [1.165, 1.54) is 73.2 Å². The number of aromatic nitrogens is 1. The maximum absolute atomic E-state index is 12.2. The van der Waals surface area contributed by atoms with Crippen molar-refractivity contribution in [3.05, 3.63) is 81.4 Å². The third kappa shape index (κ3) is 5.37. The van der Waals surface area contributed by atoms with Gasteiger partial charge in [0.1, 0.15) is 11.2 Å². The number of anilines is 1. The molecule has 0 N–H and O–H groups in total. The molecule has 4 aliphatic rings.